The monoisotopic (exact) mass is 313 g/mol. The van der Waals surface area contributed by atoms with E-state index in [-0.39, 0.29) is 11.4 Å². The lowest BCUT2D eigenvalue weighted by molar-refractivity contribution is 0.410. The minimum atomic E-state index is -0.568. The molecule has 0 unspecified atom stereocenters. The van der Waals surface area contributed by atoms with Gasteiger partial charge >= 0.3 is 5.69 Å². The minimum absolute atomic E-state index is 0.0510. The molecule has 3 rings (SSSR count). The Kier molecular flexibility index (Phi) is 3.67. The summed E-state index contributed by atoms with van der Waals surface area (Å²) in [5.41, 5.74) is 2.71. The summed E-state index contributed by atoms with van der Waals surface area (Å²) in [6.07, 6.45) is 3.30. The van der Waals surface area contributed by atoms with Gasteiger partial charge in [-0.3, -0.25) is 18.9 Å². The predicted molar refractivity (Wildman–Crippen MR) is 88.9 cm³/mol. The van der Waals surface area contributed by atoms with Crippen LogP contribution in [0.4, 0.5) is 5.69 Å². The van der Waals surface area contributed by atoms with Crippen LogP contribution in [0.2, 0.25) is 0 Å². The van der Waals surface area contributed by atoms with Crippen molar-refractivity contribution in [1.29, 1.82) is 0 Å². The van der Waals surface area contributed by atoms with Gasteiger partial charge in [0.15, 0.2) is 0 Å². The summed E-state index contributed by atoms with van der Waals surface area (Å²) in [6.45, 7) is 1.66. The van der Waals surface area contributed by atoms with Crippen LogP contribution in [-0.4, -0.2) is 20.0 Å². The Morgan fingerprint density at radius 3 is 2.57 bits per heavy atom. The van der Waals surface area contributed by atoms with Crippen molar-refractivity contribution < 1.29 is 5.11 Å². The third kappa shape index (κ3) is 2.50. The molecule has 23 heavy (non-hydrogen) atoms. The molecule has 1 heterocycles. The summed E-state index contributed by atoms with van der Waals surface area (Å²) < 4.78 is 2.01. The zero-order chi connectivity index (χ0) is 16.7. The first-order valence-electron chi connectivity index (χ1n) is 7.56. The van der Waals surface area contributed by atoms with E-state index in [1.165, 1.54) is 25.2 Å². The van der Waals surface area contributed by atoms with Crippen molar-refractivity contribution in [3.63, 3.8) is 0 Å². The normalized spacial score (nSPS) is 14.1. The molecule has 0 atom stereocenters. The van der Waals surface area contributed by atoms with Crippen LogP contribution in [0.3, 0.4) is 0 Å². The Morgan fingerprint density at radius 1 is 1.13 bits per heavy atom. The molecule has 6 heteroatoms. The lowest BCUT2D eigenvalue weighted by atomic mass is 10.1. The van der Waals surface area contributed by atoms with Crippen molar-refractivity contribution in [2.75, 3.05) is 0 Å². The van der Waals surface area contributed by atoms with Crippen molar-refractivity contribution in [1.82, 2.24) is 9.13 Å². The van der Waals surface area contributed by atoms with Crippen LogP contribution >= 0.6 is 0 Å². The number of hydrogen-bond donors (Lipinski definition) is 1. The van der Waals surface area contributed by atoms with Gasteiger partial charge < -0.3 is 5.11 Å². The van der Waals surface area contributed by atoms with Crippen LogP contribution in [0.25, 0.3) is 0 Å². The number of aromatic hydroxyl groups is 1. The van der Waals surface area contributed by atoms with Crippen LogP contribution in [-0.2, 0) is 26.9 Å². The van der Waals surface area contributed by atoms with Gasteiger partial charge in [0.25, 0.3) is 5.56 Å². The fraction of sp³-hybridized carbons (Fsp3) is 0.353. The first-order valence-corrected chi connectivity index (χ1v) is 7.56. The maximum absolute atomic E-state index is 12.3. The summed E-state index contributed by atoms with van der Waals surface area (Å²) in [5.74, 6) is -0.361. The molecule has 0 saturated heterocycles. The van der Waals surface area contributed by atoms with Crippen molar-refractivity contribution in [3.05, 3.63) is 55.7 Å². The van der Waals surface area contributed by atoms with E-state index in [1.54, 1.807) is 6.92 Å². The number of aryl methyl sites for hydroxylation is 2. The molecule has 1 aromatic carbocycles. The number of fused-ring (bicyclic) bond motifs is 1. The molecule has 120 valence electrons. The molecule has 0 amide bonds. The summed E-state index contributed by atoms with van der Waals surface area (Å²) >= 11 is 0. The number of aromatic nitrogens is 2. The van der Waals surface area contributed by atoms with E-state index in [2.05, 4.69) is 11.1 Å². The van der Waals surface area contributed by atoms with Gasteiger partial charge in [-0.15, -0.1) is 0 Å². The Bertz CT molecular complexity index is 935. The van der Waals surface area contributed by atoms with Crippen molar-refractivity contribution in [2.24, 2.45) is 19.1 Å². The van der Waals surface area contributed by atoms with Gasteiger partial charge in [0.1, 0.15) is 5.56 Å². The lowest BCUT2D eigenvalue weighted by Crippen LogP contribution is -2.39. The molecule has 0 radical (unpaired) electrons. The topological polar surface area (TPSA) is 76.6 Å². The molecule has 6 nitrogen and oxygen atoms in total. The first kappa shape index (κ1) is 15.3. The van der Waals surface area contributed by atoms with Crippen LogP contribution in [0, 0.1) is 0 Å². The second kappa shape index (κ2) is 5.53. The van der Waals surface area contributed by atoms with Gasteiger partial charge in [-0.25, -0.2) is 4.79 Å². The van der Waals surface area contributed by atoms with E-state index in [4.69, 9.17) is 0 Å². The quantitative estimate of drug-likeness (QED) is 0.852. The van der Waals surface area contributed by atoms with Gasteiger partial charge in [-0.2, -0.15) is 0 Å². The SMILES string of the molecule is CC(=Nc1ccc2c(c1)CCC2)c1c(O)n(C)c(=O)n(C)c1=O. The molecule has 1 N–H and O–H groups in total. The van der Waals surface area contributed by atoms with E-state index in [0.29, 0.717) is 5.71 Å². The number of hydrogen-bond acceptors (Lipinski definition) is 4. The highest BCUT2D eigenvalue weighted by Gasteiger charge is 2.17. The molecule has 1 aromatic heterocycles. The zero-order valence-corrected chi connectivity index (χ0v) is 13.5. The lowest BCUT2D eigenvalue weighted by Gasteiger charge is -2.10. The molecule has 2 aromatic rings. The largest absolute Gasteiger partial charge is 0.494 e. The Hall–Kier alpha value is -2.63. The number of nitrogens with zero attached hydrogens (tertiary/aromatic N) is 3. The number of benzene rings is 1. The van der Waals surface area contributed by atoms with E-state index < -0.39 is 11.2 Å². The molecular formula is C17H19N3O3. The van der Waals surface area contributed by atoms with Gasteiger partial charge in [-0.05, 0) is 49.4 Å². The predicted octanol–water partition coefficient (Wildman–Crippen LogP) is 1.42. The van der Waals surface area contributed by atoms with Crippen molar-refractivity contribution in [2.45, 2.75) is 26.2 Å². The smallest absolute Gasteiger partial charge is 0.333 e. The zero-order valence-electron chi connectivity index (χ0n) is 13.5. The summed E-state index contributed by atoms with van der Waals surface area (Å²) in [5, 5.41) is 10.2. The maximum Gasteiger partial charge on any atom is 0.333 e. The summed E-state index contributed by atoms with van der Waals surface area (Å²) in [7, 11) is 2.81. The third-order valence-electron chi connectivity index (χ3n) is 4.37. The minimum Gasteiger partial charge on any atom is -0.494 e. The highest BCUT2D eigenvalue weighted by molar-refractivity contribution is 6.01. The molecule has 1 aliphatic carbocycles. The standard InChI is InChI=1S/C17H19N3O3/c1-10(14-15(21)19(2)17(23)20(3)16(14)22)18-13-8-7-11-5-4-6-12(11)9-13/h7-9,21H,4-6H2,1-3H3. The fourth-order valence-electron chi connectivity index (χ4n) is 3.03. The van der Waals surface area contributed by atoms with Crippen molar-refractivity contribution >= 4 is 11.4 Å². The maximum atomic E-state index is 12.3. The van der Waals surface area contributed by atoms with E-state index >= 15 is 0 Å². The van der Waals surface area contributed by atoms with Crippen molar-refractivity contribution in [3.8, 4) is 5.88 Å². The number of aliphatic imine (C=N–C) groups is 1. The summed E-state index contributed by atoms with van der Waals surface area (Å²) in [6, 6.07) is 6.00. The van der Waals surface area contributed by atoms with Gasteiger partial charge in [0.2, 0.25) is 5.88 Å². The van der Waals surface area contributed by atoms with Crippen LogP contribution in [0.5, 0.6) is 5.88 Å². The van der Waals surface area contributed by atoms with Gasteiger partial charge in [0.05, 0.1) is 11.4 Å². The molecule has 0 saturated carbocycles. The third-order valence-corrected chi connectivity index (χ3v) is 4.37. The second-order valence-electron chi connectivity index (χ2n) is 5.91. The van der Waals surface area contributed by atoms with Crippen LogP contribution < -0.4 is 11.2 Å². The summed E-state index contributed by atoms with van der Waals surface area (Å²) in [4.78, 5) is 28.6. The van der Waals surface area contributed by atoms with E-state index in [1.807, 2.05) is 12.1 Å². The Labute approximate surface area is 133 Å². The molecule has 0 spiro atoms. The van der Waals surface area contributed by atoms with E-state index in [9.17, 15) is 14.7 Å². The molecule has 0 bridgehead atoms. The Balaban J connectivity index is 2.12. The molecule has 0 aliphatic heterocycles. The van der Waals surface area contributed by atoms with Crippen LogP contribution in [0.1, 0.15) is 30.0 Å². The highest BCUT2D eigenvalue weighted by atomic mass is 16.3. The molecule has 0 fully saturated rings. The fourth-order valence-corrected chi connectivity index (χ4v) is 3.03. The molecular weight excluding hydrogens is 294 g/mol. The van der Waals surface area contributed by atoms with E-state index in [0.717, 1.165) is 34.1 Å². The van der Waals surface area contributed by atoms with Gasteiger partial charge in [0, 0.05) is 14.1 Å². The number of rotatable bonds is 2. The average Bonchev–Trinajstić information content (AvgIpc) is 2.99. The first-order chi connectivity index (χ1) is 10.9. The van der Waals surface area contributed by atoms with Gasteiger partial charge in [-0.1, -0.05) is 6.07 Å². The highest BCUT2D eigenvalue weighted by Crippen LogP contribution is 2.27. The average molecular weight is 313 g/mol. The Morgan fingerprint density at radius 2 is 1.83 bits per heavy atom. The van der Waals surface area contributed by atoms with Crippen LogP contribution in [0.15, 0.2) is 32.8 Å². The molecule has 1 aliphatic rings. The second-order valence-corrected chi connectivity index (χ2v) is 5.91.